The zero-order chi connectivity index (χ0) is 17.5. The molecule has 1 amide bonds. The van der Waals surface area contributed by atoms with Crippen LogP contribution in [0.1, 0.15) is 24.1 Å². The molecule has 0 saturated carbocycles. The molecule has 2 rings (SSSR count). The van der Waals surface area contributed by atoms with Crippen LogP contribution >= 0.6 is 0 Å². The molecule has 0 spiro atoms. The molecule has 2 aromatic carbocycles. The highest BCUT2D eigenvalue weighted by atomic mass is 19.2. The van der Waals surface area contributed by atoms with Gasteiger partial charge in [0.2, 0.25) is 0 Å². The molecule has 128 valence electrons. The molecule has 3 N–H and O–H groups in total. The Morgan fingerprint density at radius 1 is 1.17 bits per heavy atom. The maximum atomic E-state index is 13.2. The normalized spacial score (nSPS) is 11.8. The molecule has 0 fully saturated rings. The molecule has 4 nitrogen and oxygen atoms in total. The summed E-state index contributed by atoms with van der Waals surface area (Å²) in [6, 6.07) is 11.1. The molecular weight excluding hydrogens is 314 g/mol. The van der Waals surface area contributed by atoms with Crippen LogP contribution in [0.5, 0.6) is 5.75 Å². The van der Waals surface area contributed by atoms with Crippen molar-refractivity contribution < 1.29 is 23.6 Å². The van der Waals surface area contributed by atoms with E-state index in [1.54, 1.807) is 12.4 Å². The first-order valence-electron chi connectivity index (χ1n) is 7.67. The second-order valence-electron chi connectivity index (χ2n) is 5.53. The van der Waals surface area contributed by atoms with Crippen molar-refractivity contribution in [1.29, 1.82) is 0 Å². The maximum absolute atomic E-state index is 13.2. The fourth-order valence-corrected chi connectivity index (χ4v) is 2.23. The van der Waals surface area contributed by atoms with Gasteiger partial charge >= 0.3 is 0 Å². The first kappa shape index (κ1) is 17.9. The van der Waals surface area contributed by atoms with Gasteiger partial charge in [0.05, 0.1) is 7.11 Å². The van der Waals surface area contributed by atoms with Crippen molar-refractivity contribution in [3.8, 4) is 5.75 Å². The minimum atomic E-state index is -0.878. The van der Waals surface area contributed by atoms with E-state index in [4.69, 9.17) is 4.74 Å². The molecule has 0 aliphatic heterocycles. The third kappa shape index (κ3) is 5.03. The number of methoxy groups -OCH3 is 1. The van der Waals surface area contributed by atoms with Gasteiger partial charge in [0.25, 0.3) is 5.91 Å². The number of amides is 1. The number of nitrogens with two attached hydrogens (primary N) is 1. The lowest BCUT2D eigenvalue weighted by Crippen LogP contribution is -2.87. The van der Waals surface area contributed by atoms with Crippen molar-refractivity contribution in [2.75, 3.05) is 13.7 Å². The van der Waals surface area contributed by atoms with Crippen molar-refractivity contribution >= 4 is 5.91 Å². The Morgan fingerprint density at radius 3 is 2.50 bits per heavy atom. The van der Waals surface area contributed by atoms with Gasteiger partial charge in [0.1, 0.15) is 11.8 Å². The number of quaternary nitrogens is 1. The van der Waals surface area contributed by atoms with Gasteiger partial charge in [-0.25, -0.2) is 8.78 Å². The SMILES string of the molecule is COc1ccc(CNC(=O)C[NH2+][C@H](C)c2ccc(F)c(F)c2)cc1. The molecule has 0 aliphatic rings. The highest BCUT2D eigenvalue weighted by molar-refractivity contribution is 5.76. The van der Waals surface area contributed by atoms with Gasteiger partial charge in [0, 0.05) is 12.1 Å². The zero-order valence-electron chi connectivity index (χ0n) is 13.7. The highest BCUT2D eigenvalue weighted by Gasteiger charge is 2.13. The minimum Gasteiger partial charge on any atom is -0.497 e. The summed E-state index contributed by atoms with van der Waals surface area (Å²) in [6.45, 7) is 2.47. The minimum absolute atomic E-state index is 0.125. The van der Waals surface area contributed by atoms with Crippen LogP contribution in [-0.4, -0.2) is 19.6 Å². The van der Waals surface area contributed by atoms with Crippen molar-refractivity contribution in [2.45, 2.75) is 19.5 Å². The number of halogens is 2. The lowest BCUT2D eigenvalue weighted by Gasteiger charge is -2.11. The number of hydrogen-bond donors (Lipinski definition) is 2. The number of ether oxygens (including phenoxy) is 1. The summed E-state index contributed by atoms with van der Waals surface area (Å²) in [5.41, 5.74) is 1.61. The lowest BCUT2D eigenvalue weighted by atomic mass is 10.1. The molecule has 6 heteroatoms. The summed E-state index contributed by atoms with van der Waals surface area (Å²) < 4.78 is 31.2. The van der Waals surface area contributed by atoms with Crippen LogP contribution in [0.25, 0.3) is 0 Å². The molecule has 1 atom stereocenters. The Bertz CT molecular complexity index is 690. The summed E-state index contributed by atoms with van der Waals surface area (Å²) >= 11 is 0. The van der Waals surface area contributed by atoms with Crippen molar-refractivity contribution in [3.63, 3.8) is 0 Å². The third-order valence-corrected chi connectivity index (χ3v) is 3.77. The molecule has 0 heterocycles. The molecule has 0 aliphatic carbocycles. The van der Waals surface area contributed by atoms with E-state index >= 15 is 0 Å². The van der Waals surface area contributed by atoms with E-state index in [9.17, 15) is 13.6 Å². The fraction of sp³-hybridized carbons (Fsp3) is 0.278. The Morgan fingerprint density at radius 2 is 1.88 bits per heavy atom. The van der Waals surface area contributed by atoms with Crippen LogP contribution in [0, 0.1) is 11.6 Å². The summed E-state index contributed by atoms with van der Waals surface area (Å²) in [5, 5.41) is 4.59. The highest BCUT2D eigenvalue weighted by Crippen LogP contribution is 2.13. The smallest absolute Gasteiger partial charge is 0.275 e. The molecule has 0 aromatic heterocycles. The van der Waals surface area contributed by atoms with Crippen LogP contribution in [0.15, 0.2) is 42.5 Å². The van der Waals surface area contributed by atoms with E-state index in [1.807, 2.05) is 31.2 Å². The number of nitrogens with one attached hydrogen (secondary N) is 1. The standard InChI is InChI=1S/C18H20F2N2O2/c1-12(14-5-8-16(19)17(20)9-14)21-11-18(23)22-10-13-3-6-15(24-2)7-4-13/h3-9,12,21H,10-11H2,1-2H3,(H,22,23)/p+1/t12-/m1/s1. The van der Waals surface area contributed by atoms with Crippen LogP contribution in [0.3, 0.4) is 0 Å². The van der Waals surface area contributed by atoms with E-state index in [2.05, 4.69) is 5.32 Å². The van der Waals surface area contributed by atoms with E-state index in [0.717, 1.165) is 23.4 Å². The fourth-order valence-electron chi connectivity index (χ4n) is 2.23. The lowest BCUT2D eigenvalue weighted by molar-refractivity contribution is -0.682. The third-order valence-electron chi connectivity index (χ3n) is 3.77. The van der Waals surface area contributed by atoms with Gasteiger partial charge in [-0.2, -0.15) is 0 Å². The topological polar surface area (TPSA) is 54.9 Å². The molecular formula is C18H21F2N2O2+. The monoisotopic (exact) mass is 335 g/mol. The maximum Gasteiger partial charge on any atom is 0.275 e. The Kier molecular flexibility index (Phi) is 6.26. The summed E-state index contributed by atoms with van der Waals surface area (Å²) in [7, 11) is 1.60. The second-order valence-corrected chi connectivity index (χ2v) is 5.53. The molecule has 2 aromatic rings. The van der Waals surface area contributed by atoms with E-state index in [1.165, 1.54) is 6.07 Å². The van der Waals surface area contributed by atoms with E-state index < -0.39 is 11.6 Å². The van der Waals surface area contributed by atoms with Gasteiger partial charge in [0.15, 0.2) is 18.2 Å². The summed E-state index contributed by atoms with van der Waals surface area (Å²) in [6.07, 6.45) is 0. The van der Waals surface area contributed by atoms with Crippen molar-refractivity contribution in [3.05, 3.63) is 65.2 Å². The Balaban J connectivity index is 1.78. The van der Waals surface area contributed by atoms with E-state index in [-0.39, 0.29) is 18.5 Å². The van der Waals surface area contributed by atoms with Gasteiger partial charge in [-0.15, -0.1) is 0 Å². The van der Waals surface area contributed by atoms with Crippen LogP contribution in [0.4, 0.5) is 8.78 Å². The predicted octanol–water partition coefficient (Wildman–Crippen LogP) is 1.91. The van der Waals surface area contributed by atoms with Gasteiger partial charge in [-0.1, -0.05) is 12.1 Å². The summed E-state index contributed by atoms with van der Waals surface area (Å²) in [4.78, 5) is 11.9. The second kappa shape index (κ2) is 8.40. The van der Waals surface area contributed by atoms with Crippen LogP contribution in [0.2, 0.25) is 0 Å². The largest absolute Gasteiger partial charge is 0.497 e. The van der Waals surface area contributed by atoms with Gasteiger partial charge in [-0.05, 0) is 42.8 Å². The number of benzene rings is 2. The number of carbonyl (C=O) groups is 1. The first-order chi connectivity index (χ1) is 11.5. The Labute approximate surface area is 139 Å². The van der Waals surface area contributed by atoms with Gasteiger partial charge < -0.3 is 15.4 Å². The quantitative estimate of drug-likeness (QED) is 0.812. The number of rotatable bonds is 7. The number of hydrogen-bond acceptors (Lipinski definition) is 2. The average Bonchev–Trinajstić information content (AvgIpc) is 2.60. The molecule has 0 bridgehead atoms. The average molecular weight is 335 g/mol. The molecule has 24 heavy (non-hydrogen) atoms. The first-order valence-corrected chi connectivity index (χ1v) is 7.67. The molecule has 0 radical (unpaired) electrons. The van der Waals surface area contributed by atoms with E-state index in [0.29, 0.717) is 12.1 Å². The molecule has 0 saturated heterocycles. The zero-order valence-corrected chi connectivity index (χ0v) is 13.7. The van der Waals surface area contributed by atoms with Crippen molar-refractivity contribution in [1.82, 2.24) is 5.32 Å². The van der Waals surface area contributed by atoms with Crippen LogP contribution < -0.4 is 15.4 Å². The number of carbonyl (C=O) groups excluding carboxylic acids is 1. The predicted molar refractivity (Wildman–Crippen MR) is 86.4 cm³/mol. The Hall–Kier alpha value is -2.47. The molecule has 0 unspecified atom stereocenters. The van der Waals surface area contributed by atoms with Crippen LogP contribution in [-0.2, 0) is 11.3 Å². The van der Waals surface area contributed by atoms with Gasteiger partial charge in [-0.3, -0.25) is 4.79 Å². The summed E-state index contributed by atoms with van der Waals surface area (Å²) in [5.74, 6) is -1.11. The van der Waals surface area contributed by atoms with Crippen molar-refractivity contribution in [2.24, 2.45) is 0 Å².